The Kier molecular flexibility index (Phi) is 5.44. The smallest absolute Gasteiger partial charge is 0.164 e. The Hall–Kier alpha value is -4.72. The summed E-state index contributed by atoms with van der Waals surface area (Å²) in [6.07, 6.45) is 5.25. The van der Waals surface area contributed by atoms with Gasteiger partial charge in [-0.3, -0.25) is 19.2 Å². The lowest BCUT2D eigenvalue weighted by molar-refractivity contribution is -0.111. The Morgan fingerprint density at radius 1 is 0.639 bits per heavy atom. The number of aromatic nitrogens is 4. The van der Waals surface area contributed by atoms with Crippen molar-refractivity contribution in [3.8, 4) is 0 Å². The van der Waals surface area contributed by atoms with E-state index in [0.717, 1.165) is 11.0 Å². The first-order chi connectivity index (χ1) is 17.1. The molecule has 8 nitrogen and oxygen atoms in total. The third-order valence-corrected chi connectivity index (χ3v) is 6.05. The minimum absolute atomic E-state index is 0.0657. The molecule has 36 heavy (non-hydrogen) atoms. The van der Waals surface area contributed by atoms with Gasteiger partial charge in [0.25, 0.3) is 0 Å². The van der Waals surface area contributed by atoms with Crippen molar-refractivity contribution < 1.29 is 19.2 Å². The largest absolute Gasteiger partial charge is 0.355 e. The van der Waals surface area contributed by atoms with Crippen molar-refractivity contribution in [3.63, 3.8) is 0 Å². The molecule has 5 heterocycles. The highest BCUT2D eigenvalue weighted by Crippen LogP contribution is 2.32. The number of rotatable bonds is 4. The zero-order valence-electron chi connectivity index (χ0n) is 20.1. The molecule has 0 amide bonds. The van der Waals surface area contributed by atoms with Crippen molar-refractivity contribution in [1.82, 2.24) is 19.9 Å². The van der Waals surface area contributed by atoms with Gasteiger partial charge in [0.15, 0.2) is 23.1 Å². The summed E-state index contributed by atoms with van der Waals surface area (Å²) in [7, 11) is 0. The maximum Gasteiger partial charge on any atom is 0.164 e. The van der Waals surface area contributed by atoms with Gasteiger partial charge in [0.2, 0.25) is 0 Å². The van der Waals surface area contributed by atoms with Crippen LogP contribution in [0.5, 0.6) is 0 Å². The molecule has 3 aromatic rings. The molecule has 8 heteroatoms. The van der Waals surface area contributed by atoms with Gasteiger partial charge in [-0.1, -0.05) is 0 Å². The van der Waals surface area contributed by atoms with Crippen LogP contribution in [0.25, 0.3) is 45.9 Å². The number of H-pyrrole nitrogens is 2. The average molecular weight is 479 g/mol. The molecule has 0 unspecified atom stereocenters. The van der Waals surface area contributed by atoms with Gasteiger partial charge in [0.1, 0.15) is 0 Å². The number of carbonyl (C=O) groups is 4. The van der Waals surface area contributed by atoms with Crippen LogP contribution in [0.3, 0.4) is 0 Å². The Labute approximate surface area is 205 Å². The van der Waals surface area contributed by atoms with Gasteiger partial charge in [-0.05, 0) is 76.3 Å². The second-order valence-corrected chi connectivity index (χ2v) is 8.80. The lowest BCUT2D eigenvalue weighted by atomic mass is 9.97. The number of aromatic amines is 2. The average Bonchev–Trinajstić information content (AvgIpc) is 3.56. The molecule has 3 aromatic heterocycles. The quantitative estimate of drug-likeness (QED) is 0.387. The lowest BCUT2D eigenvalue weighted by Crippen LogP contribution is -2.07. The molecule has 0 spiro atoms. The van der Waals surface area contributed by atoms with Gasteiger partial charge in [-0.25, -0.2) is 9.97 Å². The Bertz CT molecular complexity index is 1750. The van der Waals surface area contributed by atoms with E-state index in [9.17, 15) is 19.2 Å². The number of Topliss-reactive ketones (excluding diaryl/α,β-unsaturated/α-hetero) is 4. The molecule has 178 valence electrons. The summed E-state index contributed by atoms with van der Waals surface area (Å²) in [6, 6.07) is 9.08. The van der Waals surface area contributed by atoms with Gasteiger partial charge in [0, 0.05) is 16.6 Å². The summed E-state index contributed by atoms with van der Waals surface area (Å²) in [4.78, 5) is 66.8. The van der Waals surface area contributed by atoms with E-state index in [0.29, 0.717) is 22.6 Å². The van der Waals surface area contributed by atoms with E-state index in [1.807, 2.05) is 24.3 Å². The van der Waals surface area contributed by atoms with Crippen molar-refractivity contribution in [3.05, 3.63) is 69.8 Å². The lowest BCUT2D eigenvalue weighted by Gasteiger charge is -2.05. The SMILES string of the molecule is CC(=O)C1=Cc2cc3ccc(cc4nc(cc5[nH]c(c(C(C)=O)c1n2)c(C(C)=O)c5C(C)=O)C=C4)[nH]3. The standard InChI is InChI=1S/C28H22N4O4/c1-13(33)22-11-21-10-19-6-5-17(29-19)9-18-7-8-20(30-18)12-23-24(14(2)34)25(15(3)35)28(32-23)26(16(4)36)27(22)31-21/h5-12,29,32H,1-4H3. The van der Waals surface area contributed by atoms with E-state index in [2.05, 4.69) is 19.9 Å². The summed E-state index contributed by atoms with van der Waals surface area (Å²) in [5.41, 5.74) is 4.53. The second-order valence-electron chi connectivity index (χ2n) is 8.80. The fourth-order valence-electron chi connectivity index (χ4n) is 4.58. The maximum atomic E-state index is 13.0. The highest BCUT2D eigenvalue weighted by Gasteiger charge is 2.27. The number of nitrogens with one attached hydrogen (secondary N) is 2. The van der Waals surface area contributed by atoms with Crippen molar-refractivity contribution >= 4 is 69.0 Å². The topological polar surface area (TPSA) is 126 Å². The Morgan fingerprint density at radius 2 is 1.22 bits per heavy atom. The number of ketones is 4. The number of allylic oxidation sites excluding steroid dienone is 1. The molecule has 0 saturated heterocycles. The second kappa shape index (κ2) is 8.49. The number of hydrogen-bond donors (Lipinski definition) is 2. The molecule has 0 saturated carbocycles. The van der Waals surface area contributed by atoms with Crippen molar-refractivity contribution in [1.29, 1.82) is 0 Å². The Balaban J connectivity index is 2.07. The summed E-state index contributed by atoms with van der Waals surface area (Å²) in [6.45, 7) is 5.44. The van der Waals surface area contributed by atoms with Gasteiger partial charge >= 0.3 is 0 Å². The molecular formula is C28H22N4O4. The van der Waals surface area contributed by atoms with E-state index in [1.165, 1.54) is 27.7 Å². The number of fused-ring (bicyclic) bond motifs is 8. The van der Waals surface area contributed by atoms with Crippen LogP contribution < -0.4 is 0 Å². The molecule has 5 rings (SSSR count). The maximum absolute atomic E-state index is 13.0. The first-order valence-electron chi connectivity index (χ1n) is 11.3. The first kappa shape index (κ1) is 23.0. The third-order valence-electron chi connectivity index (χ3n) is 6.05. The number of nitrogens with zero attached hydrogens (tertiary/aromatic N) is 2. The Morgan fingerprint density at radius 3 is 1.81 bits per heavy atom. The highest BCUT2D eigenvalue weighted by molar-refractivity contribution is 6.28. The predicted molar refractivity (Wildman–Crippen MR) is 138 cm³/mol. The molecule has 8 bridgehead atoms. The van der Waals surface area contributed by atoms with Gasteiger partial charge in [0.05, 0.1) is 50.5 Å². The zero-order chi connectivity index (χ0) is 25.7. The summed E-state index contributed by atoms with van der Waals surface area (Å²) >= 11 is 0. The summed E-state index contributed by atoms with van der Waals surface area (Å²) in [5, 5.41) is 0. The van der Waals surface area contributed by atoms with E-state index < -0.39 is 11.6 Å². The predicted octanol–water partition coefficient (Wildman–Crippen LogP) is 5.22. The normalized spacial score (nSPS) is 12.4. The first-order valence-corrected chi connectivity index (χ1v) is 11.3. The highest BCUT2D eigenvalue weighted by atomic mass is 16.1. The van der Waals surface area contributed by atoms with E-state index in [-0.39, 0.29) is 45.0 Å². The molecule has 2 aliphatic heterocycles. The molecule has 2 aliphatic rings. The fraction of sp³-hybridized carbons (Fsp3) is 0.143. The fourth-order valence-corrected chi connectivity index (χ4v) is 4.58. The summed E-state index contributed by atoms with van der Waals surface area (Å²) in [5.74, 6) is -1.42. The van der Waals surface area contributed by atoms with Crippen molar-refractivity contribution in [2.45, 2.75) is 27.7 Å². The minimum atomic E-state index is -0.404. The zero-order valence-corrected chi connectivity index (χ0v) is 20.1. The minimum Gasteiger partial charge on any atom is -0.355 e. The van der Waals surface area contributed by atoms with Crippen LogP contribution in [-0.2, 0) is 4.79 Å². The monoisotopic (exact) mass is 478 g/mol. The van der Waals surface area contributed by atoms with E-state index >= 15 is 0 Å². The van der Waals surface area contributed by atoms with Crippen molar-refractivity contribution in [2.75, 3.05) is 0 Å². The summed E-state index contributed by atoms with van der Waals surface area (Å²) < 4.78 is 0. The molecule has 0 fully saturated rings. The number of carbonyl (C=O) groups excluding carboxylic acids is 4. The van der Waals surface area contributed by atoms with Crippen LogP contribution in [0.4, 0.5) is 0 Å². The van der Waals surface area contributed by atoms with Crippen LogP contribution in [0.15, 0.2) is 30.3 Å². The van der Waals surface area contributed by atoms with Crippen LogP contribution in [0.1, 0.15) is 81.5 Å². The van der Waals surface area contributed by atoms with Gasteiger partial charge in [-0.2, -0.15) is 0 Å². The van der Waals surface area contributed by atoms with Crippen LogP contribution >= 0.6 is 0 Å². The van der Waals surface area contributed by atoms with Gasteiger partial charge < -0.3 is 9.97 Å². The molecule has 0 radical (unpaired) electrons. The molecular weight excluding hydrogens is 456 g/mol. The van der Waals surface area contributed by atoms with Crippen molar-refractivity contribution in [2.24, 2.45) is 0 Å². The van der Waals surface area contributed by atoms with Crippen LogP contribution in [0, 0.1) is 0 Å². The van der Waals surface area contributed by atoms with E-state index in [1.54, 1.807) is 24.3 Å². The third kappa shape index (κ3) is 3.92. The van der Waals surface area contributed by atoms with E-state index in [4.69, 9.17) is 0 Å². The number of hydrogen-bond acceptors (Lipinski definition) is 6. The van der Waals surface area contributed by atoms with Gasteiger partial charge in [-0.15, -0.1) is 0 Å². The van der Waals surface area contributed by atoms with Crippen LogP contribution in [0.2, 0.25) is 0 Å². The molecule has 0 aromatic carbocycles. The molecule has 0 atom stereocenters. The van der Waals surface area contributed by atoms with Crippen LogP contribution in [-0.4, -0.2) is 43.1 Å². The molecule has 2 N–H and O–H groups in total. The molecule has 0 aliphatic carbocycles.